The zero-order valence-electron chi connectivity index (χ0n) is 13.6. The molecule has 116 valence electrons. The van der Waals surface area contributed by atoms with Crippen molar-refractivity contribution in [1.82, 2.24) is 0 Å². The van der Waals surface area contributed by atoms with Gasteiger partial charge in [-0.15, -0.1) is 0 Å². The molecule has 1 saturated heterocycles. The third kappa shape index (κ3) is 3.34. The predicted molar refractivity (Wildman–Crippen MR) is 89.1 cm³/mol. The van der Waals surface area contributed by atoms with Crippen LogP contribution < -0.4 is 10.2 Å². The molecule has 1 saturated carbocycles. The summed E-state index contributed by atoms with van der Waals surface area (Å²) in [5.41, 5.74) is 3.08. The molecular formula is C18H28N2O. The fourth-order valence-corrected chi connectivity index (χ4v) is 3.96. The topological polar surface area (TPSA) is 24.5 Å². The number of nitrogens with zero attached hydrogens (tertiary/aromatic N) is 1. The van der Waals surface area contributed by atoms with Gasteiger partial charge in [0, 0.05) is 19.1 Å². The average molecular weight is 288 g/mol. The summed E-state index contributed by atoms with van der Waals surface area (Å²) in [5, 5.41) is 3.83. The monoisotopic (exact) mass is 288 g/mol. The predicted octanol–water partition coefficient (Wildman–Crippen LogP) is 3.76. The molecule has 0 radical (unpaired) electrons. The number of para-hydroxylation sites is 2. The van der Waals surface area contributed by atoms with Crippen molar-refractivity contribution >= 4 is 11.4 Å². The maximum absolute atomic E-state index is 5.48. The molecule has 1 aliphatic heterocycles. The van der Waals surface area contributed by atoms with Gasteiger partial charge in [-0.05, 0) is 36.3 Å². The number of hydrogen-bond acceptors (Lipinski definition) is 3. The first-order valence-electron chi connectivity index (χ1n) is 8.23. The summed E-state index contributed by atoms with van der Waals surface area (Å²) in [6, 6.07) is 9.32. The highest BCUT2D eigenvalue weighted by Crippen LogP contribution is 2.43. The normalized spacial score (nSPS) is 28.6. The molecule has 0 bridgehead atoms. The molecule has 2 fully saturated rings. The van der Waals surface area contributed by atoms with Crippen LogP contribution in [-0.4, -0.2) is 32.3 Å². The molecule has 3 nitrogen and oxygen atoms in total. The van der Waals surface area contributed by atoms with Crippen LogP contribution in [0.25, 0.3) is 0 Å². The van der Waals surface area contributed by atoms with Gasteiger partial charge in [-0.25, -0.2) is 0 Å². The van der Waals surface area contributed by atoms with Gasteiger partial charge in [0.1, 0.15) is 0 Å². The number of morpholine rings is 1. The van der Waals surface area contributed by atoms with Gasteiger partial charge >= 0.3 is 0 Å². The second-order valence-corrected chi connectivity index (χ2v) is 7.42. The van der Waals surface area contributed by atoms with E-state index in [0.29, 0.717) is 11.5 Å². The Morgan fingerprint density at radius 1 is 1.14 bits per heavy atom. The van der Waals surface area contributed by atoms with Gasteiger partial charge in [0.15, 0.2) is 0 Å². The van der Waals surface area contributed by atoms with E-state index in [-0.39, 0.29) is 0 Å². The molecule has 2 unspecified atom stereocenters. The number of nitrogens with one attached hydrogen (secondary N) is 1. The van der Waals surface area contributed by atoms with E-state index in [0.717, 1.165) is 32.2 Å². The Labute approximate surface area is 128 Å². The molecule has 0 spiro atoms. The molecule has 0 amide bonds. The minimum Gasteiger partial charge on any atom is -0.380 e. The van der Waals surface area contributed by atoms with E-state index >= 15 is 0 Å². The maximum Gasteiger partial charge on any atom is 0.0642 e. The fraction of sp³-hybridized carbons (Fsp3) is 0.667. The number of benzene rings is 1. The van der Waals surface area contributed by atoms with E-state index in [1.807, 2.05) is 0 Å². The number of anilines is 2. The SMILES string of the molecule is CC1CC(C)(C)CC1Nc1ccccc1N1CCOCC1. The van der Waals surface area contributed by atoms with Crippen LogP contribution in [0.15, 0.2) is 24.3 Å². The van der Waals surface area contributed by atoms with Crippen molar-refractivity contribution < 1.29 is 4.74 Å². The fourth-order valence-electron chi connectivity index (χ4n) is 3.96. The molecule has 2 aliphatic rings. The standard InChI is InChI=1S/C18H28N2O/c1-14-12-18(2,3)13-16(14)19-15-6-4-5-7-17(15)20-8-10-21-11-9-20/h4-7,14,16,19H,8-13H2,1-3H3. The zero-order valence-corrected chi connectivity index (χ0v) is 13.6. The summed E-state index contributed by atoms with van der Waals surface area (Å²) in [6.07, 6.45) is 2.57. The molecule has 1 N–H and O–H groups in total. The lowest BCUT2D eigenvalue weighted by atomic mass is 9.91. The third-order valence-corrected chi connectivity index (χ3v) is 4.93. The van der Waals surface area contributed by atoms with Crippen molar-refractivity contribution in [3.8, 4) is 0 Å². The molecule has 3 rings (SSSR count). The van der Waals surface area contributed by atoms with Crippen LogP contribution in [0.3, 0.4) is 0 Å². The second-order valence-electron chi connectivity index (χ2n) is 7.42. The molecule has 21 heavy (non-hydrogen) atoms. The minimum atomic E-state index is 0.463. The Bertz CT molecular complexity index is 480. The van der Waals surface area contributed by atoms with Crippen LogP contribution >= 0.6 is 0 Å². The Morgan fingerprint density at radius 2 is 1.86 bits per heavy atom. The van der Waals surface area contributed by atoms with E-state index in [9.17, 15) is 0 Å². The zero-order chi connectivity index (χ0) is 14.9. The summed E-state index contributed by atoms with van der Waals surface area (Å²) < 4.78 is 5.48. The van der Waals surface area contributed by atoms with Crippen molar-refractivity contribution in [2.75, 3.05) is 36.5 Å². The lowest BCUT2D eigenvalue weighted by Crippen LogP contribution is -2.37. The summed E-state index contributed by atoms with van der Waals surface area (Å²) in [5.74, 6) is 0.734. The first kappa shape index (κ1) is 14.7. The number of ether oxygens (including phenoxy) is 1. The Hall–Kier alpha value is -1.22. The van der Waals surface area contributed by atoms with Crippen molar-refractivity contribution in [3.05, 3.63) is 24.3 Å². The van der Waals surface area contributed by atoms with Crippen LogP contribution in [0.1, 0.15) is 33.6 Å². The van der Waals surface area contributed by atoms with Crippen LogP contribution in [0.2, 0.25) is 0 Å². The van der Waals surface area contributed by atoms with E-state index in [1.165, 1.54) is 24.2 Å². The largest absolute Gasteiger partial charge is 0.380 e. The highest BCUT2D eigenvalue weighted by Gasteiger charge is 2.36. The third-order valence-electron chi connectivity index (χ3n) is 4.93. The lowest BCUT2D eigenvalue weighted by Gasteiger charge is -2.32. The molecule has 3 heteroatoms. The first-order chi connectivity index (χ1) is 10.1. The first-order valence-corrected chi connectivity index (χ1v) is 8.23. The van der Waals surface area contributed by atoms with Crippen molar-refractivity contribution in [2.24, 2.45) is 11.3 Å². The quantitative estimate of drug-likeness (QED) is 0.916. The summed E-state index contributed by atoms with van der Waals surface area (Å²) in [4.78, 5) is 2.44. The van der Waals surface area contributed by atoms with Gasteiger partial charge in [0.05, 0.1) is 24.6 Å². The minimum absolute atomic E-state index is 0.463. The van der Waals surface area contributed by atoms with E-state index < -0.39 is 0 Å². The molecule has 1 aromatic carbocycles. The van der Waals surface area contributed by atoms with Gasteiger partial charge in [-0.3, -0.25) is 0 Å². The van der Waals surface area contributed by atoms with E-state index in [1.54, 1.807) is 0 Å². The average Bonchev–Trinajstić information content (AvgIpc) is 2.73. The van der Waals surface area contributed by atoms with Gasteiger partial charge in [-0.1, -0.05) is 32.9 Å². The van der Waals surface area contributed by atoms with Crippen LogP contribution in [0, 0.1) is 11.3 Å². The van der Waals surface area contributed by atoms with Gasteiger partial charge in [0.2, 0.25) is 0 Å². The molecule has 1 heterocycles. The van der Waals surface area contributed by atoms with Crippen molar-refractivity contribution in [1.29, 1.82) is 0 Å². The molecule has 1 aromatic rings. The second kappa shape index (κ2) is 5.88. The van der Waals surface area contributed by atoms with Crippen LogP contribution in [0.5, 0.6) is 0 Å². The van der Waals surface area contributed by atoms with E-state index in [2.05, 4.69) is 55.3 Å². The van der Waals surface area contributed by atoms with Crippen LogP contribution in [-0.2, 0) is 4.74 Å². The van der Waals surface area contributed by atoms with Crippen molar-refractivity contribution in [3.63, 3.8) is 0 Å². The van der Waals surface area contributed by atoms with Crippen LogP contribution in [0.4, 0.5) is 11.4 Å². The lowest BCUT2D eigenvalue weighted by molar-refractivity contribution is 0.123. The number of hydrogen-bond donors (Lipinski definition) is 1. The number of rotatable bonds is 3. The highest BCUT2D eigenvalue weighted by molar-refractivity contribution is 5.70. The van der Waals surface area contributed by atoms with Gasteiger partial charge < -0.3 is 15.0 Å². The Morgan fingerprint density at radius 3 is 2.52 bits per heavy atom. The van der Waals surface area contributed by atoms with Gasteiger partial charge in [-0.2, -0.15) is 0 Å². The molecule has 2 atom stereocenters. The maximum atomic E-state index is 5.48. The molecular weight excluding hydrogens is 260 g/mol. The summed E-state index contributed by atoms with van der Waals surface area (Å²) in [7, 11) is 0. The molecule has 1 aliphatic carbocycles. The molecule has 0 aromatic heterocycles. The summed E-state index contributed by atoms with van der Waals surface area (Å²) in [6.45, 7) is 10.8. The smallest absolute Gasteiger partial charge is 0.0642 e. The van der Waals surface area contributed by atoms with E-state index in [4.69, 9.17) is 4.74 Å². The highest BCUT2D eigenvalue weighted by atomic mass is 16.5. The van der Waals surface area contributed by atoms with Crippen molar-refractivity contribution in [2.45, 2.75) is 39.7 Å². The summed E-state index contributed by atoms with van der Waals surface area (Å²) >= 11 is 0. The van der Waals surface area contributed by atoms with Gasteiger partial charge in [0.25, 0.3) is 0 Å². The Kier molecular flexibility index (Phi) is 4.12. The Balaban J connectivity index is 1.76.